The van der Waals surface area contributed by atoms with Crippen molar-refractivity contribution in [2.45, 2.75) is 13.3 Å². The lowest BCUT2D eigenvalue weighted by Crippen LogP contribution is -2.10. The Kier molecular flexibility index (Phi) is 4.51. The van der Waals surface area contributed by atoms with E-state index in [4.69, 9.17) is 10.6 Å². The fraction of sp³-hybridized carbons (Fsp3) is 0.333. The summed E-state index contributed by atoms with van der Waals surface area (Å²) in [6.07, 6.45) is 2.18. The van der Waals surface area contributed by atoms with E-state index >= 15 is 0 Å². The van der Waals surface area contributed by atoms with Gasteiger partial charge >= 0.3 is 0 Å². The van der Waals surface area contributed by atoms with E-state index in [0.717, 1.165) is 12.0 Å². The third-order valence-electron chi connectivity index (χ3n) is 1.66. The molecule has 0 spiro atoms. The molecule has 15 heavy (non-hydrogen) atoms. The first-order chi connectivity index (χ1) is 7.15. The summed E-state index contributed by atoms with van der Waals surface area (Å²) in [5, 5.41) is 0. The summed E-state index contributed by atoms with van der Waals surface area (Å²) in [7, 11) is 0. The summed E-state index contributed by atoms with van der Waals surface area (Å²) < 4.78 is 6.06. The van der Waals surface area contributed by atoms with Crippen molar-refractivity contribution < 1.29 is 4.74 Å². The van der Waals surface area contributed by atoms with E-state index in [1.807, 2.05) is 6.92 Å². The third kappa shape index (κ3) is 3.49. The molecule has 0 aliphatic heterocycles. The van der Waals surface area contributed by atoms with Crippen LogP contribution in [0.3, 0.4) is 0 Å². The molecule has 0 atom stereocenters. The molecule has 1 rings (SSSR count). The Morgan fingerprint density at radius 1 is 1.67 bits per heavy atom. The summed E-state index contributed by atoms with van der Waals surface area (Å²) in [6.45, 7) is 6.27. The number of hydrogen-bond acceptors (Lipinski definition) is 5. The van der Waals surface area contributed by atoms with Gasteiger partial charge in [-0.25, -0.2) is 15.8 Å². The Balaban J connectivity index is 2.64. The van der Waals surface area contributed by atoms with Crippen LogP contribution in [-0.4, -0.2) is 16.6 Å². The van der Waals surface area contributed by atoms with E-state index in [0.29, 0.717) is 22.8 Å². The van der Waals surface area contributed by atoms with E-state index < -0.39 is 0 Å². The molecule has 0 fully saturated rings. The molecule has 0 saturated heterocycles. The highest BCUT2D eigenvalue weighted by molar-refractivity contribution is 9.10. The van der Waals surface area contributed by atoms with Gasteiger partial charge < -0.3 is 10.2 Å². The van der Waals surface area contributed by atoms with Gasteiger partial charge in [-0.15, -0.1) is 6.58 Å². The summed E-state index contributed by atoms with van der Waals surface area (Å²) in [6, 6.07) is 0. The fourth-order valence-electron chi connectivity index (χ4n) is 0.877. The van der Waals surface area contributed by atoms with Crippen LogP contribution >= 0.6 is 15.9 Å². The minimum Gasteiger partial charge on any atom is -0.476 e. The van der Waals surface area contributed by atoms with Crippen LogP contribution in [0, 0.1) is 0 Å². The fourth-order valence-corrected chi connectivity index (χ4v) is 1.31. The molecule has 0 bridgehead atoms. The molecule has 6 heteroatoms. The summed E-state index contributed by atoms with van der Waals surface area (Å²) >= 11 is 3.29. The molecular formula is C9H13BrN4O. The van der Waals surface area contributed by atoms with Crippen molar-refractivity contribution in [2.75, 3.05) is 12.0 Å². The average molecular weight is 273 g/mol. The number of anilines is 1. The number of rotatable bonds is 5. The zero-order valence-electron chi connectivity index (χ0n) is 8.46. The van der Waals surface area contributed by atoms with Gasteiger partial charge in [0.05, 0.1) is 6.61 Å². The minimum atomic E-state index is 0.471. The molecule has 0 aliphatic rings. The summed E-state index contributed by atoms with van der Waals surface area (Å²) in [4.78, 5) is 7.89. The molecule has 3 N–H and O–H groups in total. The summed E-state index contributed by atoms with van der Waals surface area (Å²) in [5.41, 5.74) is 3.51. The molecule has 5 nitrogen and oxygen atoms in total. The van der Waals surface area contributed by atoms with Crippen LogP contribution in [0.25, 0.3) is 0 Å². The Bertz CT molecular complexity index is 356. The van der Waals surface area contributed by atoms with Gasteiger partial charge in [-0.2, -0.15) is 0 Å². The first-order valence-corrected chi connectivity index (χ1v) is 5.18. The van der Waals surface area contributed by atoms with Crippen molar-refractivity contribution in [3.8, 4) is 5.88 Å². The van der Waals surface area contributed by atoms with Gasteiger partial charge in [0.15, 0.2) is 5.82 Å². The van der Waals surface area contributed by atoms with Gasteiger partial charge in [-0.05, 0) is 22.9 Å². The number of nitrogen functional groups attached to an aromatic ring is 1. The SMILES string of the molecule is C=C(C)CCOc1ncnc(NN)c1Br. The average Bonchev–Trinajstić information content (AvgIpc) is 2.20. The molecular weight excluding hydrogens is 260 g/mol. The van der Waals surface area contributed by atoms with Crippen molar-refractivity contribution in [3.05, 3.63) is 23.0 Å². The molecule has 0 radical (unpaired) electrons. The highest BCUT2D eigenvalue weighted by Crippen LogP contribution is 2.27. The van der Waals surface area contributed by atoms with E-state index in [1.54, 1.807) is 0 Å². The molecule has 0 aliphatic carbocycles. The first kappa shape index (κ1) is 11.9. The van der Waals surface area contributed by atoms with Gasteiger partial charge in [-0.3, -0.25) is 0 Å². The van der Waals surface area contributed by atoms with Crippen LogP contribution in [0.15, 0.2) is 23.0 Å². The maximum Gasteiger partial charge on any atom is 0.233 e. The largest absolute Gasteiger partial charge is 0.476 e. The predicted octanol–water partition coefficient (Wildman–Crippen LogP) is 1.87. The lowest BCUT2D eigenvalue weighted by atomic mass is 10.3. The Morgan fingerprint density at radius 3 is 3.00 bits per heavy atom. The van der Waals surface area contributed by atoms with Gasteiger partial charge in [0.1, 0.15) is 10.8 Å². The second-order valence-electron chi connectivity index (χ2n) is 3.04. The molecule has 0 aromatic carbocycles. The van der Waals surface area contributed by atoms with Crippen molar-refractivity contribution in [1.29, 1.82) is 0 Å². The lowest BCUT2D eigenvalue weighted by Gasteiger charge is -2.08. The predicted molar refractivity (Wildman–Crippen MR) is 62.5 cm³/mol. The summed E-state index contributed by atoms with van der Waals surface area (Å²) in [5.74, 6) is 6.22. The smallest absolute Gasteiger partial charge is 0.233 e. The minimum absolute atomic E-state index is 0.471. The molecule has 0 saturated carbocycles. The van der Waals surface area contributed by atoms with Gasteiger partial charge in [0, 0.05) is 6.42 Å². The monoisotopic (exact) mass is 272 g/mol. The van der Waals surface area contributed by atoms with Crippen LogP contribution in [0.5, 0.6) is 5.88 Å². The standard InChI is InChI=1S/C9H13BrN4O/c1-6(2)3-4-15-9-7(10)8(14-11)12-5-13-9/h5H,1,3-4,11H2,2H3,(H,12,13,14). The van der Waals surface area contributed by atoms with E-state index in [2.05, 4.69) is 37.9 Å². The Hall–Kier alpha value is -1.14. The molecule has 1 aromatic heterocycles. The quantitative estimate of drug-likeness (QED) is 0.486. The van der Waals surface area contributed by atoms with Gasteiger partial charge in [-0.1, -0.05) is 5.57 Å². The van der Waals surface area contributed by atoms with Crippen molar-refractivity contribution >= 4 is 21.7 Å². The van der Waals surface area contributed by atoms with Crippen LogP contribution in [0.4, 0.5) is 5.82 Å². The Morgan fingerprint density at radius 2 is 2.40 bits per heavy atom. The zero-order chi connectivity index (χ0) is 11.3. The number of halogens is 1. The Labute approximate surface area is 96.8 Å². The van der Waals surface area contributed by atoms with E-state index in [1.165, 1.54) is 6.33 Å². The number of aromatic nitrogens is 2. The van der Waals surface area contributed by atoms with Crippen LogP contribution in [0.2, 0.25) is 0 Å². The molecule has 1 heterocycles. The van der Waals surface area contributed by atoms with Crippen LogP contribution < -0.4 is 16.0 Å². The van der Waals surface area contributed by atoms with Crippen LogP contribution in [-0.2, 0) is 0 Å². The normalized spacial score (nSPS) is 9.80. The first-order valence-electron chi connectivity index (χ1n) is 4.39. The van der Waals surface area contributed by atoms with Crippen molar-refractivity contribution in [3.63, 3.8) is 0 Å². The zero-order valence-corrected chi connectivity index (χ0v) is 10.0. The number of nitrogens with one attached hydrogen (secondary N) is 1. The second-order valence-corrected chi connectivity index (χ2v) is 3.83. The maximum atomic E-state index is 5.44. The van der Waals surface area contributed by atoms with Crippen molar-refractivity contribution in [1.82, 2.24) is 9.97 Å². The molecule has 0 amide bonds. The highest BCUT2D eigenvalue weighted by Gasteiger charge is 2.08. The molecule has 0 unspecified atom stereocenters. The third-order valence-corrected chi connectivity index (χ3v) is 2.38. The van der Waals surface area contributed by atoms with Gasteiger partial charge in [0.2, 0.25) is 5.88 Å². The molecule has 82 valence electrons. The highest BCUT2D eigenvalue weighted by atomic mass is 79.9. The topological polar surface area (TPSA) is 73.1 Å². The molecule has 1 aromatic rings. The van der Waals surface area contributed by atoms with Gasteiger partial charge in [0.25, 0.3) is 0 Å². The maximum absolute atomic E-state index is 5.44. The number of nitrogens with zero attached hydrogens (tertiary/aromatic N) is 2. The van der Waals surface area contributed by atoms with E-state index in [9.17, 15) is 0 Å². The number of ether oxygens (including phenoxy) is 1. The van der Waals surface area contributed by atoms with Crippen LogP contribution in [0.1, 0.15) is 13.3 Å². The number of nitrogens with two attached hydrogens (primary N) is 1. The number of hydrogen-bond donors (Lipinski definition) is 2. The van der Waals surface area contributed by atoms with E-state index in [-0.39, 0.29) is 0 Å². The number of hydrazine groups is 1. The lowest BCUT2D eigenvalue weighted by molar-refractivity contribution is 0.307. The second kappa shape index (κ2) is 5.67. The van der Waals surface area contributed by atoms with Crippen molar-refractivity contribution in [2.24, 2.45) is 5.84 Å².